The lowest BCUT2D eigenvalue weighted by Crippen LogP contribution is -2.59. The van der Waals surface area contributed by atoms with E-state index in [1.165, 1.54) is 5.69 Å². The van der Waals surface area contributed by atoms with Gasteiger partial charge in [-0.05, 0) is 58.9 Å². The third kappa shape index (κ3) is 4.15. The van der Waals surface area contributed by atoms with Crippen LogP contribution in [0.3, 0.4) is 0 Å². The molecule has 0 aliphatic carbocycles. The van der Waals surface area contributed by atoms with Gasteiger partial charge in [-0.25, -0.2) is 4.79 Å². The van der Waals surface area contributed by atoms with E-state index in [4.69, 9.17) is 4.74 Å². The predicted octanol–water partition coefficient (Wildman–Crippen LogP) is 4.28. The molecule has 1 aromatic carbocycles. The summed E-state index contributed by atoms with van der Waals surface area (Å²) in [6, 6.07) is 8.53. The van der Waals surface area contributed by atoms with Crippen LogP contribution in [0.2, 0.25) is 0 Å². The van der Waals surface area contributed by atoms with Gasteiger partial charge >= 0.3 is 6.09 Å². The molecule has 122 valence electrons. The van der Waals surface area contributed by atoms with Crippen LogP contribution in [-0.4, -0.2) is 41.8 Å². The van der Waals surface area contributed by atoms with Crippen LogP contribution >= 0.6 is 15.9 Å². The lowest BCUT2D eigenvalue weighted by atomic mass is 10.1. The number of benzene rings is 1. The van der Waals surface area contributed by atoms with Crippen LogP contribution in [0.4, 0.5) is 10.5 Å². The van der Waals surface area contributed by atoms with Crippen molar-refractivity contribution in [2.24, 2.45) is 0 Å². The topological polar surface area (TPSA) is 32.8 Å². The Morgan fingerprint density at radius 1 is 1.14 bits per heavy atom. The van der Waals surface area contributed by atoms with E-state index in [0.717, 1.165) is 17.6 Å². The van der Waals surface area contributed by atoms with Gasteiger partial charge in [0.05, 0.1) is 12.1 Å². The summed E-state index contributed by atoms with van der Waals surface area (Å²) in [4.78, 5) is 16.6. The SMILES string of the molecule is C[C@@H]1CN(c2ccc(Br)cc2)C[C@H](C)N1C(=O)OC(C)(C)C. The molecule has 0 aromatic heterocycles. The van der Waals surface area contributed by atoms with Crippen LogP contribution in [-0.2, 0) is 4.74 Å². The molecule has 1 aliphatic rings. The van der Waals surface area contributed by atoms with E-state index in [1.807, 2.05) is 37.8 Å². The van der Waals surface area contributed by atoms with Crippen LogP contribution < -0.4 is 4.90 Å². The molecule has 0 spiro atoms. The van der Waals surface area contributed by atoms with Gasteiger partial charge in [-0.15, -0.1) is 0 Å². The molecular formula is C17H25BrN2O2. The summed E-state index contributed by atoms with van der Waals surface area (Å²) in [7, 11) is 0. The number of carbonyl (C=O) groups is 1. The molecule has 5 heteroatoms. The number of ether oxygens (including phenoxy) is 1. The van der Waals surface area contributed by atoms with Gasteiger partial charge in [0.1, 0.15) is 5.60 Å². The van der Waals surface area contributed by atoms with Gasteiger partial charge in [0, 0.05) is 23.2 Å². The van der Waals surface area contributed by atoms with E-state index in [-0.39, 0.29) is 18.2 Å². The molecule has 2 atom stereocenters. The second-order valence-corrected chi connectivity index (χ2v) is 7.88. The van der Waals surface area contributed by atoms with Crippen molar-refractivity contribution in [1.82, 2.24) is 4.90 Å². The summed E-state index contributed by atoms with van der Waals surface area (Å²) in [5, 5.41) is 0. The summed E-state index contributed by atoms with van der Waals surface area (Å²) < 4.78 is 6.61. The predicted molar refractivity (Wildman–Crippen MR) is 93.4 cm³/mol. The van der Waals surface area contributed by atoms with E-state index in [1.54, 1.807) is 0 Å². The smallest absolute Gasteiger partial charge is 0.410 e. The van der Waals surface area contributed by atoms with E-state index in [2.05, 4.69) is 46.8 Å². The van der Waals surface area contributed by atoms with Crippen LogP contribution in [0.25, 0.3) is 0 Å². The van der Waals surface area contributed by atoms with Gasteiger partial charge in [-0.1, -0.05) is 15.9 Å². The minimum absolute atomic E-state index is 0.113. The van der Waals surface area contributed by atoms with Crippen LogP contribution in [0, 0.1) is 0 Å². The highest BCUT2D eigenvalue weighted by atomic mass is 79.9. The number of rotatable bonds is 1. The number of amides is 1. The standard InChI is InChI=1S/C17H25BrN2O2/c1-12-10-19(15-8-6-14(18)7-9-15)11-13(2)20(12)16(21)22-17(3,4)5/h6-9,12-13H,10-11H2,1-5H3/t12-,13+. The van der Waals surface area contributed by atoms with E-state index >= 15 is 0 Å². The fourth-order valence-electron chi connectivity index (χ4n) is 2.86. The molecule has 0 saturated carbocycles. The van der Waals surface area contributed by atoms with Gasteiger partial charge in [0.25, 0.3) is 0 Å². The maximum Gasteiger partial charge on any atom is 0.410 e. The molecule has 0 N–H and O–H groups in total. The number of carbonyl (C=O) groups excluding carboxylic acids is 1. The first kappa shape index (κ1) is 17.1. The van der Waals surface area contributed by atoms with Gasteiger partial charge in [0.15, 0.2) is 0 Å². The highest BCUT2D eigenvalue weighted by Crippen LogP contribution is 2.25. The monoisotopic (exact) mass is 368 g/mol. The first-order chi connectivity index (χ1) is 10.2. The molecule has 22 heavy (non-hydrogen) atoms. The van der Waals surface area contributed by atoms with Crippen LogP contribution in [0.1, 0.15) is 34.6 Å². The molecule has 1 saturated heterocycles. The average molecular weight is 369 g/mol. The Labute approximate surface area is 141 Å². The number of hydrogen-bond acceptors (Lipinski definition) is 3. The van der Waals surface area contributed by atoms with Crippen molar-refractivity contribution in [2.45, 2.75) is 52.3 Å². The molecule has 0 radical (unpaired) electrons. The highest BCUT2D eigenvalue weighted by molar-refractivity contribution is 9.10. The molecule has 1 heterocycles. The van der Waals surface area contributed by atoms with Gasteiger partial charge in [0.2, 0.25) is 0 Å². The third-order valence-electron chi connectivity index (χ3n) is 3.72. The Morgan fingerprint density at radius 3 is 2.09 bits per heavy atom. The number of nitrogens with zero attached hydrogens (tertiary/aromatic N) is 2. The maximum atomic E-state index is 12.4. The van der Waals surface area contributed by atoms with Crippen LogP contribution in [0.5, 0.6) is 0 Å². The molecule has 1 fully saturated rings. The van der Waals surface area contributed by atoms with Crippen molar-refractivity contribution in [3.8, 4) is 0 Å². The lowest BCUT2D eigenvalue weighted by molar-refractivity contribution is 0.00566. The average Bonchev–Trinajstić information content (AvgIpc) is 2.36. The van der Waals surface area contributed by atoms with Gasteiger partial charge < -0.3 is 9.64 Å². The third-order valence-corrected chi connectivity index (χ3v) is 4.24. The van der Waals surface area contributed by atoms with Crippen molar-refractivity contribution in [3.63, 3.8) is 0 Å². The number of piperazine rings is 1. The molecular weight excluding hydrogens is 344 g/mol. The molecule has 1 amide bonds. The quantitative estimate of drug-likeness (QED) is 0.741. The molecule has 0 unspecified atom stereocenters. The van der Waals surface area contributed by atoms with E-state index in [9.17, 15) is 4.79 Å². The second-order valence-electron chi connectivity index (χ2n) is 6.97. The molecule has 4 nitrogen and oxygen atoms in total. The van der Waals surface area contributed by atoms with Crippen molar-refractivity contribution in [2.75, 3.05) is 18.0 Å². The summed E-state index contributed by atoms with van der Waals surface area (Å²) in [5.74, 6) is 0. The zero-order valence-electron chi connectivity index (χ0n) is 14.0. The Kier molecular flexibility index (Phi) is 5.05. The summed E-state index contributed by atoms with van der Waals surface area (Å²) in [5.41, 5.74) is 0.727. The lowest BCUT2D eigenvalue weighted by Gasteiger charge is -2.45. The summed E-state index contributed by atoms with van der Waals surface area (Å²) >= 11 is 3.46. The molecule has 1 aliphatic heterocycles. The van der Waals surface area contributed by atoms with E-state index < -0.39 is 5.60 Å². The number of halogens is 1. The fraction of sp³-hybridized carbons (Fsp3) is 0.588. The second kappa shape index (κ2) is 6.49. The first-order valence-corrected chi connectivity index (χ1v) is 8.48. The molecule has 0 bridgehead atoms. The van der Waals surface area contributed by atoms with Gasteiger partial charge in [-0.3, -0.25) is 4.90 Å². The number of hydrogen-bond donors (Lipinski definition) is 0. The number of anilines is 1. The Bertz CT molecular complexity index is 512. The normalized spacial score (nSPS) is 22.6. The minimum atomic E-state index is -0.459. The first-order valence-electron chi connectivity index (χ1n) is 7.69. The Hall–Kier alpha value is -1.23. The highest BCUT2D eigenvalue weighted by Gasteiger charge is 2.35. The summed E-state index contributed by atoms with van der Waals surface area (Å²) in [6.45, 7) is 11.5. The molecule has 2 rings (SSSR count). The van der Waals surface area contributed by atoms with Crippen molar-refractivity contribution in [3.05, 3.63) is 28.7 Å². The zero-order valence-corrected chi connectivity index (χ0v) is 15.6. The molecule has 1 aromatic rings. The van der Waals surface area contributed by atoms with E-state index in [0.29, 0.717) is 0 Å². The largest absolute Gasteiger partial charge is 0.444 e. The minimum Gasteiger partial charge on any atom is -0.444 e. The van der Waals surface area contributed by atoms with Crippen molar-refractivity contribution >= 4 is 27.7 Å². The van der Waals surface area contributed by atoms with Gasteiger partial charge in [-0.2, -0.15) is 0 Å². The Morgan fingerprint density at radius 2 is 1.64 bits per heavy atom. The van der Waals surface area contributed by atoms with Crippen molar-refractivity contribution < 1.29 is 9.53 Å². The van der Waals surface area contributed by atoms with Crippen molar-refractivity contribution in [1.29, 1.82) is 0 Å². The Balaban J connectivity index is 2.08. The van der Waals surface area contributed by atoms with Crippen LogP contribution in [0.15, 0.2) is 28.7 Å². The summed E-state index contributed by atoms with van der Waals surface area (Å²) in [6.07, 6.45) is -0.219. The zero-order chi connectivity index (χ0) is 16.5. The maximum absolute atomic E-state index is 12.4. The fourth-order valence-corrected chi connectivity index (χ4v) is 3.12.